The third-order valence-corrected chi connectivity index (χ3v) is 3.48. The molecule has 1 heterocycles. The van der Waals surface area contributed by atoms with Crippen molar-refractivity contribution in [1.29, 1.82) is 0 Å². The number of amides is 1. The standard InChI is InChI=1S/C18H22N4O2/c1-3-4-5-10-19-18-20-11-9-16(22-18)17(24)21-15-8-6-7-14(12-15)13(2)23/h6-9,11-12H,3-5,10H2,1-2H3,(H,21,24)(H,19,20,22). The first-order valence-electron chi connectivity index (χ1n) is 8.09. The van der Waals surface area contributed by atoms with Gasteiger partial charge in [0.1, 0.15) is 5.69 Å². The Morgan fingerprint density at radius 1 is 1.17 bits per heavy atom. The van der Waals surface area contributed by atoms with Crippen LogP contribution >= 0.6 is 0 Å². The van der Waals surface area contributed by atoms with Crippen LogP contribution < -0.4 is 10.6 Å². The zero-order chi connectivity index (χ0) is 17.4. The van der Waals surface area contributed by atoms with Crippen LogP contribution in [0.2, 0.25) is 0 Å². The van der Waals surface area contributed by atoms with E-state index in [9.17, 15) is 9.59 Å². The van der Waals surface area contributed by atoms with Crippen LogP contribution in [0.4, 0.5) is 11.6 Å². The minimum absolute atomic E-state index is 0.0494. The number of rotatable bonds is 8. The van der Waals surface area contributed by atoms with Gasteiger partial charge in [-0.25, -0.2) is 9.97 Å². The summed E-state index contributed by atoms with van der Waals surface area (Å²) in [5.74, 6) is 0.0534. The molecule has 0 radical (unpaired) electrons. The van der Waals surface area contributed by atoms with E-state index in [2.05, 4.69) is 27.5 Å². The van der Waals surface area contributed by atoms with Gasteiger partial charge in [-0.05, 0) is 31.5 Å². The van der Waals surface area contributed by atoms with Crippen LogP contribution in [0.15, 0.2) is 36.5 Å². The molecular formula is C18H22N4O2. The highest BCUT2D eigenvalue weighted by Gasteiger charge is 2.10. The maximum atomic E-state index is 12.3. The fourth-order valence-electron chi connectivity index (χ4n) is 2.16. The minimum Gasteiger partial charge on any atom is -0.354 e. The Morgan fingerprint density at radius 3 is 2.75 bits per heavy atom. The van der Waals surface area contributed by atoms with Crippen LogP contribution in [0.1, 0.15) is 54.0 Å². The summed E-state index contributed by atoms with van der Waals surface area (Å²) in [7, 11) is 0. The molecule has 1 aromatic carbocycles. The summed E-state index contributed by atoms with van der Waals surface area (Å²) < 4.78 is 0. The molecule has 2 aromatic rings. The largest absolute Gasteiger partial charge is 0.354 e. The van der Waals surface area contributed by atoms with E-state index in [4.69, 9.17) is 0 Å². The lowest BCUT2D eigenvalue weighted by molar-refractivity contribution is 0.100. The van der Waals surface area contributed by atoms with Crippen molar-refractivity contribution < 1.29 is 9.59 Å². The van der Waals surface area contributed by atoms with Gasteiger partial charge < -0.3 is 10.6 Å². The van der Waals surface area contributed by atoms with Crippen molar-refractivity contribution in [3.8, 4) is 0 Å². The third kappa shape index (κ3) is 5.15. The smallest absolute Gasteiger partial charge is 0.274 e. The molecule has 1 amide bonds. The topological polar surface area (TPSA) is 84.0 Å². The van der Waals surface area contributed by atoms with Gasteiger partial charge in [-0.3, -0.25) is 9.59 Å². The molecule has 24 heavy (non-hydrogen) atoms. The Bertz CT molecular complexity index is 716. The highest BCUT2D eigenvalue weighted by atomic mass is 16.2. The van der Waals surface area contributed by atoms with E-state index in [1.54, 1.807) is 36.5 Å². The molecule has 0 fully saturated rings. The molecule has 0 saturated heterocycles. The zero-order valence-corrected chi connectivity index (χ0v) is 14.0. The van der Waals surface area contributed by atoms with E-state index in [1.165, 1.54) is 6.92 Å². The van der Waals surface area contributed by atoms with Gasteiger partial charge in [0.15, 0.2) is 5.78 Å². The maximum absolute atomic E-state index is 12.3. The summed E-state index contributed by atoms with van der Waals surface area (Å²) in [4.78, 5) is 32.1. The molecule has 1 aromatic heterocycles. The number of nitrogens with one attached hydrogen (secondary N) is 2. The van der Waals surface area contributed by atoms with Crippen molar-refractivity contribution in [3.05, 3.63) is 47.8 Å². The van der Waals surface area contributed by atoms with E-state index in [-0.39, 0.29) is 17.4 Å². The summed E-state index contributed by atoms with van der Waals surface area (Å²) in [6, 6.07) is 8.37. The molecule has 0 spiro atoms. The lowest BCUT2D eigenvalue weighted by Gasteiger charge is -2.08. The number of carbonyl (C=O) groups is 2. The number of hydrogen-bond donors (Lipinski definition) is 2. The van der Waals surface area contributed by atoms with Crippen molar-refractivity contribution in [2.24, 2.45) is 0 Å². The zero-order valence-electron chi connectivity index (χ0n) is 14.0. The first-order chi connectivity index (χ1) is 11.6. The molecule has 0 aliphatic heterocycles. The van der Waals surface area contributed by atoms with Gasteiger partial charge in [0.05, 0.1) is 0 Å². The summed E-state index contributed by atoms with van der Waals surface area (Å²) in [5.41, 5.74) is 1.38. The predicted molar refractivity (Wildman–Crippen MR) is 94.4 cm³/mol. The SMILES string of the molecule is CCCCCNc1nccc(C(=O)Nc2cccc(C(C)=O)c2)n1. The number of aromatic nitrogens is 2. The van der Waals surface area contributed by atoms with Crippen molar-refractivity contribution in [2.45, 2.75) is 33.1 Å². The summed E-state index contributed by atoms with van der Waals surface area (Å²) >= 11 is 0. The number of Topliss-reactive ketones (excluding diaryl/α,β-unsaturated/α-hetero) is 1. The average Bonchev–Trinajstić information content (AvgIpc) is 2.59. The van der Waals surface area contributed by atoms with Crippen LogP contribution in [0.25, 0.3) is 0 Å². The van der Waals surface area contributed by atoms with E-state index in [1.807, 2.05) is 0 Å². The van der Waals surface area contributed by atoms with Gasteiger partial charge in [-0.2, -0.15) is 0 Å². The number of benzene rings is 1. The molecule has 2 rings (SSSR count). The van der Waals surface area contributed by atoms with Crippen LogP contribution in [0.5, 0.6) is 0 Å². The molecular weight excluding hydrogens is 304 g/mol. The Balaban J connectivity index is 2.01. The van der Waals surface area contributed by atoms with Crippen LogP contribution in [-0.4, -0.2) is 28.2 Å². The molecule has 6 nitrogen and oxygen atoms in total. The summed E-state index contributed by atoms with van der Waals surface area (Å²) in [5, 5.41) is 5.86. The average molecular weight is 326 g/mol. The third-order valence-electron chi connectivity index (χ3n) is 3.48. The summed E-state index contributed by atoms with van der Waals surface area (Å²) in [6.07, 6.45) is 4.87. The number of ketones is 1. The number of anilines is 2. The Kier molecular flexibility index (Phi) is 6.42. The molecule has 0 saturated carbocycles. The highest BCUT2D eigenvalue weighted by molar-refractivity contribution is 6.04. The van der Waals surface area contributed by atoms with Crippen LogP contribution in [-0.2, 0) is 0 Å². The van der Waals surface area contributed by atoms with Gasteiger partial charge in [-0.15, -0.1) is 0 Å². The lowest BCUT2D eigenvalue weighted by Crippen LogP contribution is -2.16. The number of carbonyl (C=O) groups excluding carboxylic acids is 2. The van der Waals surface area contributed by atoms with E-state index >= 15 is 0 Å². The monoisotopic (exact) mass is 326 g/mol. The Labute approximate surface area is 141 Å². The molecule has 0 aliphatic rings. The molecule has 6 heteroatoms. The van der Waals surface area contributed by atoms with Crippen molar-refractivity contribution in [2.75, 3.05) is 17.2 Å². The second kappa shape index (κ2) is 8.76. The molecule has 0 atom stereocenters. The van der Waals surface area contributed by atoms with Gasteiger partial charge in [0.2, 0.25) is 5.95 Å². The molecule has 0 bridgehead atoms. The quantitative estimate of drug-likeness (QED) is 0.572. The Hall–Kier alpha value is -2.76. The van der Waals surface area contributed by atoms with Gasteiger partial charge in [0, 0.05) is 24.0 Å². The van der Waals surface area contributed by atoms with Crippen LogP contribution in [0.3, 0.4) is 0 Å². The van der Waals surface area contributed by atoms with Crippen molar-refractivity contribution in [3.63, 3.8) is 0 Å². The van der Waals surface area contributed by atoms with Crippen molar-refractivity contribution in [1.82, 2.24) is 9.97 Å². The number of nitrogens with zero attached hydrogens (tertiary/aromatic N) is 2. The Morgan fingerprint density at radius 2 is 2.00 bits per heavy atom. The maximum Gasteiger partial charge on any atom is 0.274 e. The summed E-state index contributed by atoms with van der Waals surface area (Å²) in [6.45, 7) is 4.41. The van der Waals surface area contributed by atoms with E-state index < -0.39 is 0 Å². The molecule has 126 valence electrons. The predicted octanol–water partition coefficient (Wildman–Crippen LogP) is 3.53. The molecule has 0 aliphatic carbocycles. The normalized spacial score (nSPS) is 10.2. The second-order valence-corrected chi connectivity index (χ2v) is 5.49. The second-order valence-electron chi connectivity index (χ2n) is 5.49. The number of unbranched alkanes of at least 4 members (excludes halogenated alkanes) is 2. The van der Waals surface area contributed by atoms with Gasteiger partial charge in [0.25, 0.3) is 5.91 Å². The van der Waals surface area contributed by atoms with E-state index in [0.29, 0.717) is 17.2 Å². The fraction of sp³-hybridized carbons (Fsp3) is 0.333. The van der Waals surface area contributed by atoms with Crippen molar-refractivity contribution >= 4 is 23.3 Å². The minimum atomic E-state index is -0.338. The molecule has 2 N–H and O–H groups in total. The number of hydrogen-bond acceptors (Lipinski definition) is 5. The lowest BCUT2D eigenvalue weighted by atomic mass is 10.1. The first-order valence-corrected chi connectivity index (χ1v) is 8.09. The first kappa shape index (κ1) is 17.6. The molecule has 0 unspecified atom stereocenters. The fourth-order valence-corrected chi connectivity index (χ4v) is 2.16. The van der Waals surface area contributed by atoms with Crippen LogP contribution in [0, 0.1) is 0 Å². The van der Waals surface area contributed by atoms with Gasteiger partial charge in [-0.1, -0.05) is 31.9 Å². The highest BCUT2D eigenvalue weighted by Crippen LogP contribution is 2.12. The van der Waals surface area contributed by atoms with Gasteiger partial charge >= 0.3 is 0 Å². The van der Waals surface area contributed by atoms with E-state index in [0.717, 1.165) is 25.8 Å².